The molecule has 0 aliphatic carbocycles. The summed E-state index contributed by atoms with van der Waals surface area (Å²) in [6.45, 7) is 2.43. The van der Waals surface area contributed by atoms with Gasteiger partial charge in [0.05, 0.1) is 25.2 Å². The summed E-state index contributed by atoms with van der Waals surface area (Å²) in [5, 5.41) is 8.81. The molecule has 2 heterocycles. The van der Waals surface area contributed by atoms with Crippen molar-refractivity contribution in [3.8, 4) is 0 Å². The van der Waals surface area contributed by atoms with Crippen molar-refractivity contribution in [1.29, 1.82) is 0 Å². The van der Waals surface area contributed by atoms with Crippen LogP contribution in [0.3, 0.4) is 0 Å². The predicted molar refractivity (Wildman–Crippen MR) is 99.7 cm³/mol. The molecule has 0 fully saturated rings. The lowest BCUT2D eigenvalue weighted by molar-refractivity contribution is -0.142. The van der Waals surface area contributed by atoms with Gasteiger partial charge in [0.15, 0.2) is 10.9 Å². The number of carbonyl (C=O) groups excluding carboxylic acids is 2. The molecule has 0 aliphatic heterocycles. The smallest absolute Gasteiger partial charge is 0.313 e. The van der Waals surface area contributed by atoms with E-state index in [4.69, 9.17) is 9.15 Å². The van der Waals surface area contributed by atoms with Gasteiger partial charge in [-0.3, -0.25) is 14.2 Å². The molecule has 0 N–H and O–H groups in total. The first-order valence-electron chi connectivity index (χ1n) is 8.48. The highest BCUT2D eigenvalue weighted by Gasteiger charge is 2.18. The number of rotatable bonds is 9. The van der Waals surface area contributed by atoms with Crippen molar-refractivity contribution < 1.29 is 18.7 Å². The minimum atomic E-state index is -0.373. The number of nitrogens with zero attached hydrogens (tertiary/aromatic N) is 3. The van der Waals surface area contributed by atoms with E-state index < -0.39 is 0 Å². The lowest BCUT2D eigenvalue weighted by Crippen LogP contribution is -2.14. The first-order valence-corrected chi connectivity index (χ1v) is 9.47. The molecule has 0 spiro atoms. The van der Waals surface area contributed by atoms with Gasteiger partial charge in [-0.05, 0) is 19.1 Å². The topological polar surface area (TPSA) is 87.2 Å². The highest BCUT2D eigenvalue weighted by molar-refractivity contribution is 7.99. The molecule has 7 nitrogen and oxygen atoms in total. The number of esters is 1. The molecule has 0 aliphatic rings. The first-order chi connectivity index (χ1) is 13.2. The van der Waals surface area contributed by atoms with Crippen LogP contribution in [-0.2, 0) is 22.5 Å². The monoisotopic (exact) mass is 385 g/mol. The number of benzene rings is 1. The lowest BCUT2D eigenvalue weighted by Gasteiger charge is -2.08. The maximum absolute atomic E-state index is 12.3. The minimum absolute atomic E-state index is 0.0000846. The van der Waals surface area contributed by atoms with E-state index in [9.17, 15) is 9.59 Å². The summed E-state index contributed by atoms with van der Waals surface area (Å²) in [5.41, 5.74) is 0.647. The molecule has 0 amide bonds. The summed E-state index contributed by atoms with van der Waals surface area (Å²) < 4.78 is 12.2. The third kappa shape index (κ3) is 5.07. The maximum Gasteiger partial charge on any atom is 0.313 e. The van der Waals surface area contributed by atoms with Crippen LogP contribution in [0.25, 0.3) is 0 Å². The summed E-state index contributed by atoms with van der Waals surface area (Å²) >= 11 is 1.28. The second-order valence-electron chi connectivity index (χ2n) is 5.62. The molecule has 27 heavy (non-hydrogen) atoms. The number of hydrogen-bond donors (Lipinski definition) is 0. The fraction of sp³-hybridized carbons (Fsp3) is 0.263. The Morgan fingerprint density at radius 3 is 2.67 bits per heavy atom. The van der Waals surface area contributed by atoms with Crippen LogP contribution < -0.4 is 0 Å². The van der Waals surface area contributed by atoms with E-state index in [2.05, 4.69) is 10.2 Å². The summed E-state index contributed by atoms with van der Waals surface area (Å²) in [7, 11) is 0. The summed E-state index contributed by atoms with van der Waals surface area (Å²) in [5.74, 6) is 1.03. The van der Waals surface area contributed by atoms with Crippen LogP contribution in [0.4, 0.5) is 0 Å². The number of thioether (sulfide) groups is 1. The Morgan fingerprint density at radius 1 is 1.15 bits per heavy atom. The number of carbonyl (C=O) groups is 2. The molecule has 0 radical (unpaired) electrons. The van der Waals surface area contributed by atoms with Crippen molar-refractivity contribution in [2.24, 2.45) is 0 Å². The van der Waals surface area contributed by atoms with Crippen LogP contribution in [-0.4, -0.2) is 38.9 Å². The number of ether oxygens (including phenoxy) is 1. The third-order valence-electron chi connectivity index (χ3n) is 3.72. The number of furan rings is 1. The molecule has 140 valence electrons. The van der Waals surface area contributed by atoms with Crippen LogP contribution in [0, 0.1) is 0 Å². The molecule has 8 heteroatoms. The van der Waals surface area contributed by atoms with Gasteiger partial charge in [-0.2, -0.15) is 0 Å². The molecular formula is C19H19N3O4S. The molecule has 2 aromatic heterocycles. The van der Waals surface area contributed by atoms with Gasteiger partial charge >= 0.3 is 5.97 Å². The largest absolute Gasteiger partial charge is 0.467 e. The van der Waals surface area contributed by atoms with Gasteiger partial charge in [0.1, 0.15) is 18.0 Å². The van der Waals surface area contributed by atoms with Gasteiger partial charge in [-0.15, -0.1) is 10.2 Å². The Morgan fingerprint density at radius 2 is 1.96 bits per heavy atom. The second kappa shape index (κ2) is 9.18. The summed E-state index contributed by atoms with van der Waals surface area (Å²) in [6.07, 6.45) is 1.59. The quantitative estimate of drug-likeness (QED) is 0.318. The average Bonchev–Trinajstić information content (AvgIpc) is 3.32. The number of hydrogen-bond acceptors (Lipinski definition) is 7. The molecule has 3 rings (SSSR count). The maximum atomic E-state index is 12.3. The zero-order valence-electron chi connectivity index (χ0n) is 14.8. The third-order valence-corrected chi connectivity index (χ3v) is 4.69. The van der Waals surface area contributed by atoms with E-state index in [0.29, 0.717) is 35.5 Å². The van der Waals surface area contributed by atoms with E-state index in [0.717, 1.165) is 0 Å². The van der Waals surface area contributed by atoms with Gasteiger partial charge in [0.2, 0.25) is 0 Å². The fourth-order valence-electron chi connectivity index (χ4n) is 2.45. The number of Topliss-reactive ketones (excluding diaryl/α,β-unsaturated/α-hetero) is 1. The van der Waals surface area contributed by atoms with E-state index in [-0.39, 0.29) is 23.9 Å². The highest BCUT2D eigenvalue weighted by Crippen LogP contribution is 2.21. The van der Waals surface area contributed by atoms with Crippen molar-refractivity contribution in [1.82, 2.24) is 14.8 Å². The lowest BCUT2D eigenvalue weighted by atomic mass is 10.2. The van der Waals surface area contributed by atoms with Gasteiger partial charge in [0.25, 0.3) is 0 Å². The molecule has 0 saturated heterocycles. The van der Waals surface area contributed by atoms with Crippen molar-refractivity contribution in [2.45, 2.75) is 25.0 Å². The molecular weight excluding hydrogens is 366 g/mol. The highest BCUT2D eigenvalue weighted by atomic mass is 32.2. The number of aromatic nitrogens is 3. The van der Waals surface area contributed by atoms with Crippen LogP contribution >= 0.6 is 11.8 Å². The van der Waals surface area contributed by atoms with Crippen LogP contribution in [0.2, 0.25) is 0 Å². The summed E-state index contributed by atoms with van der Waals surface area (Å²) in [6, 6.07) is 12.7. The van der Waals surface area contributed by atoms with Crippen LogP contribution in [0.15, 0.2) is 58.3 Å². The molecule has 0 saturated carbocycles. The predicted octanol–water partition coefficient (Wildman–Crippen LogP) is 3.00. The van der Waals surface area contributed by atoms with Gasteiger partial charge in [0, 0.05) is 5.56 Å². The van der Waals surface area contributed by atoms with E-state index in [1.807, 2.05) is 24.3 Å². The molecule has 1 aromatic carbocycles. The standard InChI is InChI=1S/C19H19N3O4S/c1-2-25-18(24)11-17-20-21-19(22(17)12-15-9-6-10-26-15)27-13-16(23)14-7-4-3-5-8-14/h3-10H,2,11-13H2,1H3. The van der Waals surface area contributed by atoms with E-state index in [1.165, 1.54) is 11.8 Å². The zero-order valence-corrected chi connectivity index (χ0v) is 15.6. The average molecular weight is 385 g/mol. The van der Waals surface area contributed by atoms with Gasteiger partial charge in [-0.1, -0.05) is 42.1 Å². The van der Waals surface area contributed by atoms with Gasteiger partial charge in [-0.25, -0.2) is 0 Å². The van der Waals surface area contributed by atoms with E-state index in [1.54, 1.807) is 36.0 Å². The van der Waals surface area contributed by atoms with Crippen LogP contribution in [0.5, 0.6) is 0 Å². The first kappa shape index (κ1) is 18.9. The molecule has 0 atom stereocenters. The van der Waals surface area contributed by atoms with Crippen molar-refractivity contribution in [2.75, 3.05) is 12.4 Å². The summed E-state index contributed by atoms with van der Waals surface area (Å²) in [4.78, 5) is 24.2. The van der Waals surface area contributed by atoms with E-state index >= 15 is 0 Å². The van der Waals surface area contributed by atoms with Gasteiger partial charge < -0.3 is 9.15 Å². The minimum Gasteiger partial charge on any atom is -0.467 e. The van der Waals surface area contributed by atoms with Crippen molar-refractivity contribution in [3.05, 3.63) is 65.9 Å². The van der Waals surface area contributed by atoms with Crippen molar-refractivity contribution >= 4 is 23.5 Å². The fourth-order valence-corrected chi connectivity index (χ4v) is 3.30. The number of ketones is 1. The second-order valence-corrected chi connectivity index (χ2v) is 6.57. The normalized spacial score (nSPS) is 10.7. The Labute approximate surface area is 160 Å². The van der Waals surface area contributed by atoms with Crippen LogP contribution in [0.1, 0.15) is 28.9 Å². The Balaban J connectivity index is 1.76. The SMILES string of the molecule is CCOC(=O)Cc1nnc(SCC(=O)c2ccccc2)n1Cc1ccco1. The molecule has 0 bridgehead atoms. The zero-order chi connectivity index (χ0) is 19.1. The Hall–Kier alpha value is -2.87. The molecule has 0 unspecified atom stereocenters. The van der Waals surface area contributed by atoms with Crippen molar-refractivity contribution in [3.63, 3.8) is 0 Å². The molecule has 3 aromatic rings. The Kier molecular flexibility index (Phi) is 6.43. The Bertz CT molecular complexity index is 891.